The van der Waals surface area contributed by atoms with Gasteiger partial charge in [0.05, 0.1) is 12.8 Å². The van der Waals surface area contributed by atoms with Crippen LogP contribution >= 0.6 is 0 Å². The normalized spacial score (nSPS) is 14.1. The Kier molecular flexibility index (Phi) is 7.50. The first kappa shape index (κ1) is 23.8. The maximum Gasteiger partial charge on any atom is 0.407 e. The fraction of sp³-hybridized carbons (Fsp3) is 0.444. The van der Waals surface area contributed by atoms with Crippen LogP contribution in [0.2, 0.25) is 0 Å². The van der Waals surface area contributed by atoms with E-state index in [1.165, 1.54) is 4.90 Å². The number of hydrogen-bond donors (Lipinski definition) is 1. The minimum atomic E-state index is -0.913. The summed E-state index contributed by atoms with van der Waals surface area (Å²) < 4.78 is 5.15. The molecule has 2 heterocycles. The standard InChI is InChI=1S/C27H32N2O5/c1-34-23-9-6-19(7-10-23)12-15-28(27(32)33)14-4-2-3-5-24(30)22-17-20-8-11-25(31)29-16-13-21(18-22)26(20)29/h6-7,9-10,17-18H,2-5,8,11-16H2,1H3,(H,32,33). The number of methoxy groups -OCH3 is 1. The number of rotatable bonds is 11. The van der Waals surface area contributed by atoms with Crippen LogP contribution in [0.25, 0.3) is 0 Å². The Morgan fingerprint density at radius 2 is 1.74 bits per heavy atom. The van der Waals surface area contributed by atoms with Crippen LogP contribution in [0.1, 0.15) is 59.2 Å². The van der Waals surface area contributed by atoms with E-state index in [1.54, 1.807) is 7.11 Å². The Morgan fingerprint density at radius 3 is 2.44 bits per heavy atom. The highest BCUT2D eigenvalue weighted by Gasteiger charge is 2.31. The van der Waals surface area contributed by atoms with Crippen LogP contribution in [-0.2, 0) is 24.1 Å². The zero-order valence-electron chi connectivity index (χ0n) is 19.7. The molecule has 0 radical (unpaired) electrons. The summed E-state index contributed by atoms with van der Waals surface area (Å²) in [4.78, 5) is 39.8. The maximum atomic E-state index is 12.8. The monoisotopic (exact) mass is 464 g/mol. The lowest BCUT2D eigenvalue weighted by atomic mass is 9.94. The van der Waals surface area contributed by atoms with Gasteiger partial charge in [0.25, 0.3) is 0 Å². The number of ketones is 1. The molecule has 0 aliphatic carbocycles. The Hall–Kier alpha value is -3.35. The molecule has 2 aliphatic heterocycles. The van der Waals surface area contributed by atoms with Crippen LogP contribution in [0.3, 0.4) is 0 Å². The molecular weight excluding hydrogens is 432 g/mol. The smallest absolute Gasteiger partial charge is 0.407 e. The summed E-state index contributed by atoms with van der Waals surface area (Å²) in [6.45, 7) is 1.63. The first-order valence-corrected chi connectivity index (χ1v) is 12.1. The van der Waals surface area contributed by atoms with E-state index in [2.05, 4.69) is 0 Å². The fourth-order valence-corrected chi connectivity index (χ4v) is 4.89. The quantitative estimate of drug-likeness (QED) is 0.391. The van der Waals surface area contributed by atoms with Gasteiger partial charge < -0.3 is 19.6 Å². The highest BCUT2D eigenvalue weighted by Crippen LogP contribution is 2.37. The molecule has 2 aliphatic rings. The average molecular weight is 465 g/mol. The number of ether oxygens (including phenoxy) is 1. The molecule has 0 saturated heterocycles. The molecule has 0 spiro atoms. The molecule has 0 aromatic heterocycles. The lowest BCUT2D eigenvalue weighted by molar-refractivity contribution is -0.118. The lowest BCUT2D eigenvalue weighted by Gasteiger charge is -2.25. The van der Waals surface area contributed by atoms with E-state index >= 15 is 0 Å². The zero-order valence-corrected chi connectivity index (χ0v) is 19.7. The highest BCUT2D eigenvalue weighted by molar-refractivity contribution is 6.02. The Labute approximate surface area is 200 Å². The van der Waals surface area contributed by atoms with Gasteiger partial charge in [-0.2, -0.15) is 0 Å². The van der Waals surface area contributed by atoms with E-state index in [9.17, 15) is 19.5 Å². The third kappa shape index (κ3) is 5.41. The van der Waals surface area contributed by atoms with Crippen molar-refractivity contribution >= 4 is 23.5 Å². The molecular formula is C27H32N2O5. The number of carbonyl (C=O) groups excluding carboxylic acids is 2. The average Bonchev–Trinajstić information content (AvgIpc) is 3.28. The third-order valence-corrected chi connectivity index (χ3v) is 6.81. The van der Waals surface area contributed by atoms with E-state index < -0.39 is 6.09 Å². The molecule has 7 heteroatoms. The van der Waals surface area contributed by atoms with Gasteiger partial charge in [0.2, 0.25) is 5.91 Å². The molecule has 4 rings (SSSR count). The summed E-state index contributed by atoms with van der Waals surface area (Å²) >= 11 is 0. The van der Waals surface area contributed by atoms with Crippen molar-refractivity contribution in [2.24, 2.45) is 0 Å². The number of carbonyl (C=O) groups is 3. The van der Waals surface area contributed by atoms with E-state index in [4.69, 9.17) is 4.74 Å². The van der Waals surface area contributed by atoms with Gasteiger partial charge in [0.1, 0.15) is 5.75 Å². The number of nitrogens with zero attached hydrogens (tertiary/aromatic N) is 2. The van der Waals surface area contributed by atoms with E-state index in [1.807, 2.05) is 41.3 Å². The summed E-state index contributed by atoms with van der Waals surface area (Å²) in [6.07, 6.45) is 4.51. The molecule has 2 aromatic carbocycles. The molecule has 2 aromatic rings. The summed E-state index contributed by atoms with van der Waals surface area (Å²) in [5, 5.41) is 9.52. The summed E-state index contributed by atoms with van der Waals surface area (Å²) in [6, 6.07) is 11.6. The molecule has 34 heavy (non-hydrogen) atoms. The zero-order chi connectivity index (χ0) is 24.1. The van der Waals surface area contributed by atoms with E-state index in [0.29, 0.717) is 38.8 Å². The van der Waals surface area contributed by atoms with Crippen molar-refractivity contribution in [1.82, 2.24) is 4.90 Å². The van der Waals surface area contributed by atoms with Gasteiger partial charge in [0.15, 0.2) is 5.78 Å². The molecule has 0 fully saturated rings. The van der Waals surface area contributed by atoms with Crippen molar-refractivity contribution in [2.75, 3.05) is 31.6 Å². The van der Waals surface area contributed by atoms with Crippen molar-refractivity contribution in [3.8, 4) is 5.75 Å². The van der Waals surface area contributed by atoms with Gasteiger partial charge in [0, 0.05) is 38.0 Å². The number of unbranched alkanes of at least 4 members (excludes halogenated alkanes) is 2. The molecule has 0 atom stereocenters. The molecule has 0 bridgehead atoms. The second kappa shape index (κ2) is 10.7. The van der Waals surface area contributed by atoms with Crippen LogP contribution in [0.4, 0.5) is 10.5 Å². The van der Waals surface area contributed by atoms with Crippen LogP contribution < -0.4 is 9.64 Å². The minimum absolute atomic E-state index is 0.129. The SMILES string of the molecule is COc1ccc(CCN(CCCCCC(=O)c2cc3c4c(c2)CCN4C(=O)CC3)C(=O)O)cc1. The van der Waals surface area contributed by atoms with Crippen molar-refractivity contribution in [3.63, 3.8) is 0 Å². The number of carboxylic acid groups (broad SMARTS) is 1. The summed E-state index contributed by atoms with van der Waals surface area (Å²) in [7, 11) is 1.62. The predicted molar refractivity (Wildman–Crippen MR) is 130 cm³/mol. The lowest BCUT2D eigenvalue weighted by Crippen LogP contribution is -2.32. The third-order valence-electron chi connectivity index (χ3n) is 6.81. The van der Waals surface area contributed by atoms with E-state index in [-0.39, 0.29) is 11.7 Å². The largest absolute Gasteiger partial charge is 0.497 e. The highest BCUT2D eigenvalue weighted by atomic mass is 16.5. The molecule has 0 unspecified atom stereocenters. The first-order chi connectivity index (χ1) is 16.5. The molecule has 0 saturated carbocycles. The Bertz CT molecular complexity index is 1060. The molecule has 7 nitrogen and oxygen atoms in total. The minimum Gasteiger partial charge on any atom is -0.497 e. The van der Waals surface area contributed by atoms with Crippen molar-refractivity contribution in [3.05, 3.63) is 58.7 Å². The molecule has 180 valence electrons. The van der Waals surface area contributed by atoms with Gasteiger partial charge in [-0.1, -0.05) is 18.6 Å². The molecule has 1 N–H and O–H groups in total. The summed E-state index contributed by atoms with van der Waals surface area (Å²) in [5.74, 6) is 1.10. The second-order valence-corrected chi connectivity index (χ2v) is 9.04. The van der Waals surface area contributed by atoms with E-state index in [0.717, 1.165) is 65.9 Å². The second-order valence-electron chi connectivity index (χ2n) is 9.04. The number of hydrogen-bond acceptors (Lipinski definition) is 4. The molecule has 2 amide bonds. The number of benzene rings is 2. The fourth-order valence-electron chi connectivity index (χ4n) is 4.89. The van der Waals surface area contributed by atoms with Gasteiger partial charge in [-0.05, 0) is 73.1 Å². The number of Topliss-reactive ketones (excluding diaryl/α,β-unsaturated/α-hetero) is 1. The predicted octanol–water partition coefficient (Wildman–Crippen LogP) is 4.50. The van der Waals surface area contributed by atoms with Crippen LogP contribution in [0, 0.1) is 0 Å². The van der Waals surface area contributed by atoms with Crippen molar-refractivity contribution in [2.45, 2.75) is 51.4 Å². The number of amides is 2. The van der Waals surface area contributed by atoms with Gasteiger partial charge in [-0.25, -0.2) is 4.79 Å². The van der Waals surface area contributed by atoms with Crippen molar-refractivity contribution in [1.29, 1.82) is 0 Å². The van der Waals surface area contributed by atoms with Gasteiger partial charge >= 0.3 is 6.09 Å². The van der Waals surface area contributed by atoms with Crippen LogP contribution in [0.15, 0.2) is 36.4 Å². The first-order valence-electron chi connectivity index (χ1n) is 12.1. The topological polar surface area (TPSA) is 87.2 Å². The number of aryl methyl sites for hydroxylation is 1. The Morgan fingerprint density at radius 1 is 1.00 bits per heavy atom. The number of anilines is 1. The summed E-state index contributed by atoms with van der Waals surface area (Å²) in [5.41, 5.74) is 5.08. The van der Waals surface area contributed by atoms with Gasteiger partial charge in [-0.15, -0.1) is 0 Å². The van der Waals surface area contributed by atoms with Crippen LogP contribution in [0.5, 0.6) is 5.75 Å². The van der Waals surface area contributed by atoms with Crippen molar-refractivity contribution < 1.29 is 24.2 Å². The van der Waals surface area contributed by atoms with Crippen LogP contribution in [-0.4, -0.2) is 54.5 Å². The Balaban J connectivity index is 1.22. The maximum absolute atomic E-state index is 12.8. The van der Waals surface area contributed by atoms with Gasteiger partial charge in [-0.3, -0.25) is 9.59 Å².